The molecule has 0 radical (unpaired) electrons. The van der Waals surface area contributed by atoms with Crippen molar-refractivity contribution in [2.75, 3.05) is 7.11 Å². The molecule has 0 spiro atoms. The van der Waals surface area contributed by atoms with Gasteiger partial charge in [-0.15, -0.1) is 0 Å². The molecule has 0 saturated carbocycles. The quantitative estimate of drug-likeness (QED) is 0.259. The molecule has 0 bridgehead atoms. The number of nitrogens with zero attached hydrogens (tertiary/aromatic N) is 1. The molecule has 5 aromatic rings. The van der Waals surface area contributed by atoms with Crippen molar-refractivity contribution in [1.29, 1.82) is 0 Å². The van der Waals surface area contributed by atoms with E-state index in [1.54, 1.807) is 7.11 Å². The van der Waals surface area contributed by atoms with Crippen LogP contribution in [0.5, 0.6) is 23.0 Å². The first-order valence-electron chi connectivity index (χ1n) is 11.8. The van der Waals surface area contributed by atoms with E-state index in [0.29, 0.717) is 44.3 Å². The molecule has 178 valence electrons. The Kier molecular flexibility index (Phi) is 5.56. The number of hydrogen-bond donors (Lipinski definition) is 3. The third-order valence-electron chi connectivity index (χ3n) is 6.90. The van der Waals surface area contributed by atoms with Crippen LogP contribution in [-0.2, 0) is 13.5 Å². The minimum atomic E-state index is -0.0539. The summed E-state index contributed by atoms with van der Waals surface area (Å²) in [5, 5.41) is 35.7. The van der Waals surface area contributed by atoms with Gasteiger partial charge in [-0.3, -0.25) is 0 Å². The van der Waals surface area contributed by atoms with Crippen LogP contribution in [0.25, 0.3) is 44.1 Å². The Bertz CT molecular complexity index is 1570. The molecule has 0 aliphatic heterocycles. The standard InChI is InChI=1S/C30H29NO4/c1-5-12-20-26-24(29(34)22(30(20)35-4)19-15-10-7-11-16-19)23-25(31(26)3)17(2)27(32)21(28(23)33)18-13-8-6-9-14-18/h6-11,13-16,32-34H,5,12H2,1-4H3. The van der Waals surface area contributed by atoms with Crippen LogP contribution < -0.4 is 4.74 Å². The lowest BCUT2D eigenvalue weighted by molar-refractivity contribution is 0.406. The molecule has 0 aliphatic rings. The first-order valence-corrected chi connectivity index (χ1v) is 11.8. The highest BCUT2D eigenvalue weighted by atomic mass is 16.5. The van der Waals surface area contributed by atoms with E-state index in [9.17, 15) is 15.3 Å². The van der Waals surface area contributed by atoms with Crippen molar-refractivity contribution >= 4 is 21.8 Å². The fourth-order valence-corrected chi connectivity index (χ4v) is 5.42. The number of fused-ring (bicyclic) bond motifs is 3. The number of methoxy groups -OCH3 is 1. The number of phenols is 3. The Labute approximate surface area is 204 Å². The van der Waals surface area contributed by atoms with E-state index >= 15 is 0 Å². The number of aryl methyl sites for hydroxylation is 3. The summed E-state index contributed by atoms with van der Waals surface area (Å²) in [6.45, 7) is 3.94. The molecule has 3 N–H and O–H groups in total. The normalized spacial score (nSPS) is 11.4. The summed E-state index contributed by atoms with van der Waals surface area (Å²) >= 11 is 0. The predicted molar refractivity (Wildman–Crippen MR) is 142 cm³/mol. The summed E-state index contributed by atoms with van der Waals surface area (Å²) in [5.41, 5.74) is 5.55. The summed E-state index contributed by atoms with van der Waals surface area (Å²) in [5.74, 6) is 0.646. The van der Waals surface area contributed by atoms with Crippen molar-refractivity contribution < 1.29 is 20.1 Å². The molecule has 5 heteroatoms. The first kappa shape index (κ1) is 22.7. The van der Waals surface area contributed by atoms with E-state index in [1.807, 2.05) is 79.2 Å². The second-order valence-corrected chi connectivity index (χ2v) is 8.92. The zero-order valence-electron chi connectivity index (χ0n) is 20.4. The summed E-state index contributed by atoms with van der Waals surface area (Å²) in [6, 6.07) is 19.0. The molecular formula is C30H29NO4. The number of phenolic OH excluding ortho intramolecular Hbond substituents is 3. The summed E-state index contributed by atoms with van der Waals surface area (Å²) in [4.78, 5) is 0. The average Bonchev–Trinajstić information content (AvgIpc) is 3.19. The Morgan fingerprint density at radius 2 is 1.26 bits per heavy atom. The van der Waals surface area contributed by atoms with Gasteiger partial charge in [-0.05, 0) is 24.5 Å². The summed E-state index contributed by atoms with van der Waals surface area (Å²) < 4.78 is 7.87. The second-order valence-electron chi connectivity index (χ2n) is 8.92. The Hall–Kier alpha value is -4.12. The van der Waals surface area contributed by atoms with Crippen LogP contribution in [0.15, 0.2) is 60.7 Å². The van der Waals surface area contributed by atoms with Crippen LogP contribution in [0.3, 0.4) is 0 Å². The minimum Gasteiger partial charge on any atom is -0.507 e. The third-order valence-corrected chi connectivity index (χ3v) is 6.90. The van der Waals surface area contributed by atoms with E-state index in [4.69, 9.17) is 4.74 Å². The van der Waals surface area contributed by atoms with Crippen LogP contribution in [0, 0.1) is 6.92 Å². The lowest BCUT2D eigenvalue weighted by Crippen LogP contribution is -2.00. The minimum absolute atomic E-state index is 0.0267. The number of rotatable bonds is 5. The van der Waals surface area contributed by atoms with Crippen molar-refractivity contribution in [1.82, 2.24) is 4.57 Å². The lowest BCUT2D eigenvalue weighted by Gasteiger charge is -2.18. The van der Waals surface area contributed by atoms with Gasteiger partial charge in [-0.1, -0.05) is 74.0 Å². The van der Waals surface area contributed by atoms with Gasteiger partial charge in [0.1, 0.15) is 23.0 Å². The van der Waals surface area contributed by atoms with E-state index in [0.717, 1.165) is 29.5 Å². The smallest absolute Gasteiger partial charge is 0.137 e. The molecule has 1 heterocycles. The zero-order valence-corrected chi connectivity index (χ0v) is 20.4. The number of hydrogen-bond acceptors (Lipinski definition) is 4. The number of aromatic nitrogens is 1. The topological polar surface area (TPSA) is 74.8 Å². The van der Waals surface area contributed by atoms with Gasteiger partial charge >= 0.3 is 0 Å². The number of benzene rings is 4. The van der Waals surface area contributed by atoms with Crippen LogP contribution in [0.2, 0.25) is 0 Å². The highest BCUT2D eigenvalue weighted by Gasteiger charge is 2.30. The van der Waals surface area contributed by atoms with Gasteiger partial charge < -0.3 is 24.6 Å². The molecule has 0 unspecified atom stereocenters. The van der Waals surface area contributed by atoms with Crippen molar-refractivity contribution in [2.45, 2.75) is 26.7 Å². The van der Waals surface area contributed by atoms with E-state index < -0.39 is 0 Å². The van der Waals surface area contributed by atoms with Crippen LogP contribution in [0.4, 0.5) is 0 Å². The molecule has 1 aromatic heterocycles. The molecule has 35 heavy (non-hydrogen) atoms. The first-order chi connectivity index (χ1) is 16.9. The molecule has 0 atom stereocenters. The number of ether oxygens (including phenoxy) is 1. The zero-order chi connectivity index (χ0) is 24.9. The Balaban J connectivity index is 2.06. The van der Waals surface area contributed by atoms with Crippen LogP contribution >= 0.6 is 0 Å². The van der Waals surface area contributed by atoms with Crippen LogP contribution in [0.1, 0.15) is 24.5 Å². The lowest BCUT2D eigenvalue weighted by atomic mass is 9.92. The Morgan fingerprint density at radius 1 is 0.743 bits per heavy atom. The molecule has 4 aromatic carbocycles. The fourth-order valence-electron chi connectivity index (χ4n) is 5.42. The molecule has 5 nitrogen and oxygen atoms in total. The molecule has 5 rings (SSSR count). The van der Waals surface area contributed by atoms with Gasteiger partial charge in [-0.2, -0.15) is 0 Å². The fraction of sp³-hybridized carbons (Fsp3) is 0.200. The molecule has 0 aliphatic carbocycles. The van der Waals surface area contributed by atoms with Crippen molar-refractivity contribution in [3.63, 3.8) is 0 Å². The van der Waals surface area contributed by atoms with E-state index in [-0.39, 0.29) is 17.2 Å². The number of aromatic hydroxyl groups is 3. The van der Waals surface area contributed by atoms with Crippen molar-refractivity contribution in [2.24, 2.45) is 7.05 Å². The summed E-state index contributed by atoms with van der Waals surface area (Å²) in [7, 11) is 3.52. The SMILES string of the molecule is CCCc1c(OC)c(-c2ccccc2)c(O)c2c3c(O)c(-c4ccccc4)c(O)c(C)c3n(C)c12. The monoisotopic (exact) mass is 467 g/mol. The maximum absolute atomic E-state index is 11.8. The maximum atomic E-state index is 11.8. The van der Waals surface area contributed by atoms with E-state index in [1.165, 1.54) is 0 Å². The highest BCUT2D eigenvalue weighted by Crippen LogP contribution is 2.55. The molecular weight excluding hydrogens is 438 g/mol. The van der Waals surface area contributed by atoms with Crippen molar-refractivity contribution in [3.05, 3.63) is 71.8 Å². The van der Waals surface area contributed by atoms with Gasteiger partial charge in [0.2, 0.25) is 0 Å². The summed E-state index contributed by atoms with van der Waals surface area (Å²) in [6.07, 6.45) is 1.60. The second kappa shape index (κ2) is 8.58. The van der Waals surface area contributed by atoms with Gasteiger partial charge in [-0.25, -0.2) is 0 Å². The van der Waals surface area contributed by atoms with Gasteiger partial charge in [0, 0.05) is 18.2 Å². The predicted octanol–water partition coefficient (Wildman–Crippen LogP) is 7.05. The van der Waals surface area contributed by atoms with E-state index in [2.05, 4.69) is 6.92 Å². The molecule has 0 fully saturated rings. The average molecular weight is 468 g/mol. The van der Waals surface area contributed by atoms with Crippen LogP contribution in [-0.4, -0.2) is 27.0 Å². The molecule has 0 amide bonds. The highest BCUT2D eigenvalue weighted by molar-refractivity contribution is 6.20. The van der Waals surface area contributed by atoms with Gasteiger partial charge in [0.15, 0.2) is 0 Å². The largest absolute Gasteiger partial charge is 0.507 e. The maximum Gasteiger partial charge on any atom is 0.137 e. The Morgan fingerprint density at radius 3 is 1.80 bits per heavy atom. The van der Waals surface area contributed by atoms with Gasteiger partial charge in [0.05, 0.1) is 40.0 Å². The third kappa shape index (κ3) is 3.22. The molecule has 0 saturated heterocycles. The van der Waals surface area contributed by atoms with Gasteiger partial charge in [0.25, 0.3) is 0 Å². The van der Waals surface area contributed by atoms with Crippen molar-refractivity contribution in [3.8, 4) is 45.3 Å².